The molecule has 3 aromatic carbocycles. The van der Waals surface area contributed by atoms with Crippen LogP contribution in [0.5, 0.6) is 5.75 Å². The molecule has 0 spiro atoms. The average molecular weight is 387 g/mol. The van der Waals surface area contributed by atoms with Gasteiger partial charge in [-0.05, 0) is 0 Å². The molecule has 0 aliphatic carbocycles. The van der Waals surface area contributed by atoms with Gasteiger partial charge in [-0.3, -0.25) is 0 Å². The third-order valence-corrected chi connectivity index (χ3v) is 5.70. The van der Waals surface area contributed by atoms with Crippen LogP contribution >= 0.6 is 0 Å². The van der Waals surface area contributed by atoms with E-state index < -0.39 is 0 Å². The minimum absolute atomic E-state index is 0.0940. The molecule has 0 aromatic heterocycles. The summed E-state index contributed by atoms with van der Waals surface area (Å²) in [4.78, 5) is 0. The monoisotopic (exact) mass is 387 g/mol. The van der Waals surface area contributed by atoms with Crippen LogP contribution in [0.3, 0.4) is 0 Å². The second kappa shape index (κ2) is 7.27. The predicted molar refractivity (Wildman–Crippen MR) is 81.1 cm³/mol. The van der Waals surface area contributed by atoms with Gasteiger partial charge in [0.15, 0.2) is 0 Å². The van der Waals surface area contributed by atoms with E-state index in [1.54, 1.807) is 0 Å². The summed E-state index contributed by atoms with van der Waals surface area (Å²) < 4.78 is 8.66. The molecule has 0 atom stereocenters. The molecule has 0 heterocycles. The SMILES string of the molecule is c1ccc(COc2ccc([I-]c3ccccc3)cc2)cc1. The van der Waals surface area contributed by atoms with Crippen molar-refractivity contribution in [1.29, 1.82) is 0 Å². The van der Waals surface area contributed by atoms with Gasteiger partial charge in [0, 0.05) is 0 Å². The van der Waals surface area contributed by atoms with Crippen molar-refractivity contribution in [2.24, 2.45) is 0 Å². The first-order chi connectivity index (χ1) is 10.4. The first-order valence-electron chi connectivity index (χ1n) is 6.87. The first kappa shape index (κ1) is 14.1. The van der Waals surface area contributed by atoms with Gasteiger partial charge in [0.1, 0.15) is 0 Å². The molecule has 0 unspecified atom stereocenters. The van der Waals surface area contributed by atoms with E-state index in [9.17, 15) is 0 Å². The second-order valence-electron chi connectivity index (χ2n) is 4.62. The van der Waals surface area contributed by atoms with Gasteiger partial charge in [-0.25, -0.2) is 0 Å². The zero-order chi connectivity index (χ0) is 14.3. The van der Waals surface area contributed by atoms with Gasteiger partial charge in [-0.1, -0.05) is 0 Å². The molecule has 0 saturated heterocycles. The van der Waals surface area contributed by atoms with Gasteiger partial charge in [0.25, 0.3) is 0 Å². The molecular weight excluding hydrogens is 371 g/mol. The maximum atomic E-state index is 5.81. The van der Waals surface area contributed by atoms with E-state index in [0.717, 1.165) is 5.75 Å². The third kappa shape index (κ3) is 4.33. The van der Waals surface area contributed by atoms with Gasteiger partial charge < -0.3 is 0 Å². The molecule has 0 N–H and O–H groups in total. The zero-order valence-corrected chi connectivity index (χ0v) is 13.7. The number of hydrogen-bond donors (Lipinski definition) is 0. The van der Waals surface area contributed by atoms with Crippen molar-refractivity contribution in [3.63, 3.8) is 0 Å². The molecule has 0 radical (unpaired) electrons. The van der Waals surface area contributed by atoms with E-state index in [1.165, 1.54) is 12.7 Å². The fraction of sp³-hybridized carbons (Fsp3) is 0.0526. The number of benzene rings is 3. The molecule has 3 rings (SSSR count). The van der Waals surface area contributed by atoms with E-state index in [-0.39, 0.29) is 21.2 Å². The van der Waals surface area contributed by atoms with Crippen LogP contribution in [0.25, 0.3) is 0 Å². The van der Waals surface area contributed by atoms with Crippen LogP contribution < -0.4 is 25.9 Å². The molecule has 0 amide bonds. The van der Waals surface area contributed by atoms with Gasteiger partial charge in [-0.2, -0.15) is 0 Å². The topological polar surface area (TPSA) is 9.23 Å². The summed E-state index contributed by atoms with van der Waals surface area (Å²) in [6.45, 7) is 0.619. The van der Waals surface area contributed by atoms with E-state index in [2.05, 4.69) is 66.7 Å². The number of rotatable bonds is 5. The Labute approximate surface area is 135 Å². The Hall–Kier alpha value is -1.81. The summed E-state index contributed by atoms with van der Waals surface area (Å²) in [5.74, 6) is 0.930. The second-order valence-corrected chi connectivity index (χ2v) is 7.65. The quantitative estimate of drug-likeness (QED) is 0.602. The normalized spacial score (nSPS) is 10.5. The van der Waals surface area contributed by atoms with Crippen molar-refractivity contribution >= 4 is 0 Å². The fourth-order valence-corrected chi connectivity index (χ4v) is 4.15. The molecule has 0 aliphatic heterocycles. The molecule has 2 heteroatoms. The van der Waals surface area contributed by atoms with E-state index in [0.29, 0.717) is 6.61 Å². The van der Waals surface area contributed by atoms with Crippen LogP contribution in [0.1, 0.15) is 5.56 Å². The number of halogens is 1. The van der Waals surface area contributed by atoms with Gasteiger partial charge in [0.05, 0.1) is 0 Å². The molecule has 21 heavy (non-hydrogen) atoms. The molecule has 106 valence electrons. The van der Waals surface area contributed by atoms with Crippen LogP contribution in [-0.4, -0.2) is 0 Å². The van der Waals surface area contributed by atoms with Crippen molar-refractivity contribution in [3.8, 4) is 5.75 Å². The Balaban J connectivity index is 1.59. The average Bonchev–Trinajstić information content (AvgIpc) is 2.56. The van der Waals surface area contributed by atoms with Crippen LogP contribution in [0.2, 0.25) is 0 Å². The predicted octanol–water partition coefficient (Wildman–Crippen LogP) is 1.39. The summed E-state index contributed by atoms with van der Waals surface area (Å²) in [7, 11) is 0. The summed E-state index contributed by atoms with van der Waals surface area (Å²) >= 11 is -0.0940. The number of ether oxygens (including phenoxy) is 1. The Morgan fingerprint density at radius 2 is 1.19 bits per heavy atom. The first-order valence-corrected chi connectivity index (χ1v) is 9.02. The van der Waals surface area contributed by atoms with Crippen LogP contribution in [0.15, 0.2) is 84.9 Å². The molecule has 0 fully saturated rings. The van der Waals surface area contributed by atoms with E-state index in [4.69, 9.17) is 4.74 Å². The van der Waals surface area contributed by atoms with E-state index in [1.807, 2.05) is 18.2 Å². The molecule has 0 bridgehead atoms. The Morgan fingerprint density at radius 3 is 1.86 bits per heavy atom. The Kier molecular flexibility index (Phi) is 4.90. The van der Waals surface area contributed by atoms with Crippen molar-refractivity contribution in [2.75, 3.05) is 0 Å². The van der Waals surface area contributed by atoms with Gasteiger partial charge >= 0.3 is 136 Å². The summed E-state index contributed by atoms with van der Waals surface area (Å²) in [5.41, 5.74) is 1.19. The van der Waals surface area contributed by atoms with Crippen molar-refractivity contribution in [3.05, 3.63) is 97.6 Å². The van der Waals surface area contributed by atoms with Gasteiger partial charge in [0.2, 0.25) is 0 Å². The molecule has 1 nitrogen and oxygen atoms in total. The van der Waals surface area contributed by atoms with E-state index >= 15 is 0 Å². The third-order valence-electron chi connectivity index (χ3n) is 3.01. The van der Waals surface area contributed by atoms with Gasteiger partial charge in [-0.15, -0.1) is 0 Å². The summed E-state index contributed by atoms with van der Waals surface area (Å²) in [6, 6.07) is 29.4. The van der Waals surface area contributed by atoms with Crippen LogP contribution in [-0.2, 0) is 6.61 Å². The minimum atomic E-state index is -0.0940. The van der Waals surface area contributed by atoms with Crippen molar-refractivity contribution < 1.29 is 25.9 Å². The molecule has 0 saturated carbocycles. The van der Waals surface area contributed by atoms with Crippen molar-refractivity contribution in [1.82, 2.24) is 0 Å². The number of hydrogen-bond acceptors (Lipinski definition) is 1. The van der Waals surface area contributed by atoms with Crippen LogP contribution in [0, 0.1) is 7.14 Å². The Bertz CT molecular complexity index is 663. The molecule has 0 aliphatic rings. The molecular formula is C19H16IO-. The zero-order valence-electron chi connectivity index (χ0n) is 11.6. The summed E-state index contributed by atoms with van der Waals surface area (Å²) in [6.07, 6.45) is 0. The standard InChI is InChI=1S/C19H16IO/c1-3-7-16(8-4-1)15-21-19-13-11-18(12-14-19)20-17-9-5-2-6-10-17/h1-14H,15H2/q-1. The maximum absolute atomic E-state index is 5.81. The summed E-state index contributed by atoms with van der Waals surface area (Å²) in [5, 5.41) is 0. The fourth-order valence-electron chi connectivity index (χ4n) is 1.94. The van der Waals surface area contributed by atoms with Crippen LogP contribution in [0.4, 0.5) is 0 Å². The van der Waals surface area contributed by atoms with Crippen molar-refractivity contribution in [2.45, 2.75) is 6.61 Å². The Morgan fingerprint density at radius 1 is 0.619 bits per heavy atom. The molecule has 3 aromatic rings.